The van der Waals surface area contributed by atoms with Crippen molar-refractivity contribution in [3.63, 3.8) is 0 Å². The van der Waals surface area contributed by atoms with Gasteiger partial charge in [-0.1, -0.05) is 18.9 Å². The Morgan fingerprint density at radius 2 is 1.94 bits per heavy atom. The first-order valence-corrected chi connectivity index (χ1v) is 5.83. The fraction of sp³-hybridized carbons (Fsp3) is 0.538. The quantitative estimate of drug-likeness (QED) is 0.809. The van der Waals surface area contributed by atoms with Gasteiger partial charge in [0.15, 0.2) is 0 Å². The minimum absolute atomic E-state index is 0.186. The van der Waals surface area contributed by atoms with Crippen LogP contribution in [0, 0.1) is 17.6 Å². The van der Waals surface area contributed by atoms with Gasteiger partial charge in [0, 0.05) is 11.6 Å². The first-order chi connectivity index (χ1) is 7.72. The van der Waals surface area contributed by atoms with E-state index in [-0.39, 0.29) is 11.6 Å². The van der Waals surface area contributed by atoms with Crippen LogP contribution in [0.2, 0.25) is 0 Å². The van der Waals surface area contributed by atoms with E-state index in [0.717, 1.165) is 18.8 Å². The maximum atomic E-state index is 13.5. The second-order valence-corrected chi connectivity index (χ2v) is 4.50. The summed E-state index contributed by atoms with van der Waals surface area (Å²) in [5.74, 6) is -0.115. The molecule has 88 valence electrons. The molecule has 2 rings (SSSR count). The lowest BCUT2D eigenvalue weighted by molar-refractivity contribution is 0.452. The normalized spacial score (nSPS) is 17.4. The lowest BCUT2D eigenvalue weighted by atomic mass is 9.99. The Morgan fingerprint density at radius 1 is 1.31 bits per heavy atom. The third-order valence-electron chi connectivity index (χ3n) is 3.26. The second-order valence-electron chi connectivity index (χ2n) is 4.50. The fourth-order valence-electron chi connectivity index (χ4n) is 2.09. The van der Waals surface area contributed by atoms with E-state index >= 15 is 0 Å². The molecule has 0 bridgehead atoms. The van der Waals surface area contributed by atoms with E-state index in [4.69, 9.17) is 0 Å². The first-order valence-electron chi connectivity index (χ1n) is 5.83. The van der Waals surface area contributed by atoms with E-state index in [2.05, 4.69) is 5.32 Å². The molecular weight excluding hydrogens is 208 g/mol. The summed E-state index contributed by atoms with van der Waals surface area (Å²) in [6, 6.07) is 3.84. The average molecular weight is 225 g/mol. The molecule has 1 aliphatic carbocycles. The van der Waals surface area contributed by atoms with Crippen molar-refractivity contribution in [2.45, 2.75) is 31.7 Å². The summed E-state index contributed by atoms with van der Waals surface area (Å²) in [7, 11) is 1.75. The molecular formula is C13H17F2N. The molecule has 3 heteroatoms. The summed E-state index contributed by atoms with van der Waals surface area (Å²) in [6.07, 6.45) is 4.41. The SMILES string of the molecule is CNC(CCC1CC1)c1c(F)cccc1F. The molecule has 0 heterocycles. The lowest BCUT2D eigenvalue weighted by Crippen LogP contribution is -2.19. The van der Waals surface area contributed by atoms with E-state index in [9.17, 15) is 8.78 Å². The topological polar surface area (TPSA) is 12.0 Å². The van der Waals surface area contributed by atoms with E-state index in [1.54, 1.807) is 7.05 Å². The van der Waals surface area contributed by atoms with Gasteiger partial charge in [-0.05, 0) is 37.9 Å². The minimum atomic E-state index is -0.449. The molecule has 1 N–H and O–H groups in total. The molecule has 1 aromatic rings. The molecule has 0 aromatic heterocycles. The Hall–Kier alpha value is -0.960. The number of nitrogens with one attached hydrogen (secondary N) is 1. The van der Waals surface area contributed by atoms with Crippen LogP contribution in [0.3, 0.4) is 0 Å². The standard InChI is InChI=1S/C13H17F2N/c1-16-12(8-7-9-5-6-9)13-10(14)3-2-4-11(13)15/h2-4,9,12,16H,5-8H2,1H3. The van der Waals surface area contributed by atoms with Crippen molar-refractivity contribution in [3.05, 3.63) is 35.4 Å². The smallest absolute Gasteiger partial charge is 0.130 e. The van der Waals surface area contributed by atoms with Gasteiger partial charge in [-0.3, -0.25) is 0 Å². The third-order valence-corrected chi connectivity index (χ3v) is 3.26. The molecule has 0 aliphatic heterocycles. The number of hydrogen-bond acceptors (Lipinski definition) is 1. The van der Waals surface area contributed by atoms with Gasteiger partial charge in [0.05, 0.1) is 0 Å². The van der Waals surface area contributed by atoms with Crippen molar-refractivity contribution in [1.82, 2.24) is 5.32 Å². The Bertz CT molecular complexity index is 341. The highest BCUT2D eigenvalue weighted by atomic mass is 19.1. The molecule has 0 amide bonds. The van der Waals surface area contributed by atoms with E-state index < -0.39 is 11.6 Å². The highest BCUT2D eigenvalue weighted by Crippen LogP contribution is 2.36. The number of rotatable bonds is 5. The zero-order valence-electron chi connectivity index (χ0n) is 9.47. The van der Waals surface area contributed by atoms with Crippen LogP contribution in [0.1, 0.15) is 37.3 Å². The van der Waals surface area contributed by atoms with Crippen LogP contribution in [-0.2, 0) is 0 Å². The number of hydrogen-bond donors (Lipinski definition) is 1. The minimum Gasteiger partial charge on any atom is -0.313 e. The highest BCUT2D eigenvalue weighted by Gasteiger charge is 2.24. The Kier molecular flexibility index (Phi) is 3.54. The molecule has 1 saturated carbocycles. The molecule has 0 spiro atoms. The van der Waals surface area contributed by atoms with Crippen molar-refractivity contribution in [2.75, 3.05) is 7.05 Å². The molecule has 0 radical (unpaired) electrons. The van der Waals surface area contributed by atoms with Crippen LogP contribution in [0.4, 0.5) is 8.78 Å². The van der Waals surface area contributed by atoms with Crippen LogP contribution in [0.5, 0.6) is 0 Å². The molecule has 16 heavy (non-hydrogen) atoms. The van der Waals surface area contributed by atoms with Crippen LogP contribution in [0.15, 0.2) is 18.2 Å². The van der Waals surface area contributed by atoms with Gasteiger partial charge in [-0.15, -0.1) is 0 Å². The summed E-state index contributed by atoms with van der Waals surface area (Å²) in [5.41, 5.74) is 0.186. The van der Waals surface area contributed by atoms with Crippen LogP contribution in [-0.4, -0.2) is 7.05 Å². The van der Waals surface area contributed by atoms with E-state index in [0.29, 0.717) is 0 Å². The van der Waals surface area contributed by atoms with Gasteiger partial charge in [0.1, 0.15) is 11.6 Å². The van der Waals surface area contributed by atoms with Crippen molar-refractivity contribution in [2.24, 2.45) is 5.92 Å². The van der Waals surface area contributed by atoms with Crippen molar-refractivity contribution in [3.8, 4) is 0 Å². The van der Waals surface area contributed by atoms with Gasteiger partial charge in [0.25, 0.3) is 0 Å². The van der Waals surface area contributed by atoms with Gasteiger partial charge >= 0.3 is 0 Å². The summed E-state index contributed by atoms with van der Waals surface area (Å²) in [5, 5.41) is 3.00. The first kappa shape index (κ1) is 11.5. The summed E-state index contributed by atoms with van der Waals surface area (Å²) in [4.78, 5) is 0. The molecule has 1 nitrogen and oxygen atoms in total. The molecule has 1 aliphatic rings. The maximum absolute atomic E-state index is 13.5. The molecule has 1 aromatic carbocycles. The second kappa shape index (κ2) is 4.91. The Balaban J connectivity index is 2.11. The average Bonchev–Trinajstić information content (AvgIpc) is 3.06. The molecule has 1 unspecified atom stereocenters. The van der Waals surface area contributed by atoms with Gasteiger partial charge in [-0.25, -0.2) is 8.78 Å². The van der Waals surface area contributed by atoms with Crippen LogP contribution in [0.25, 0.3) is 0 Å². The Morgan fingerprint density at radius 3 is 2.44 bits per heavy atom. The Labute approximate surface area is 94.9 Å². The molecule has 1 atom stereocenters. The van der Waals surface area contributed by atoms with Crippen molar-refractivity contribution in [1.29, 1.82) is 0 Å². The van der Waals surface area contributed by atoms with E-state index in [1.165, 1.54) is 31.0 Å². The molecule has 0 saturated heterocycles. The summed E-state index contributed by atoms with van der Waals surface area (Å²) >= 11 is 0. The summed E-state index contributed by atoms with van der Waals surface area (Å²) < 4.78 is 27.1. The molecule has 1 fully saturated rings. The number of benzene rings is 1. The highest BCUT2D eigenvalue weighted by molar-refractivity contribution is 5.23. The lowest BCUT2D eigenvalue weighted by Gasteiger charge is -2.17. The van der Waals surface area contributed by atoms with E-state index in [1.807, 2.05) is 0 Å². The van der Waals surface area contributed by atoms with Gasteiger partial charge in [-0.2, -0.15) is 0 Å². The summed E-state index contributed by atoms with van der Waals surface area (Å²) in [6.45, 7) is 0. The van der Waals surface area contributed by atoms with Crippen LogP contribution < -0.4 is 5.32 Å². The zero-order chi connectivity index (χ0) is 11.5. The monoisotopic (exact) mass is 225 g/mol. The van der Waals surface area contributed by atoms with Gasteiger partial charge < -0.3 is 5.32 Å². The predicted octanol–water partition coefficient (Wildman–Crippen LogP) is 3.42. The van der Waals surface area contributed by atoms with Crippen molar-refractivity contribution < 1.29 is 8.78 Å². The maximum Gasteiger partial charge on any atom is 0.130 e. The van der Waals surface area contributed by atoms with Crippen LogP contribution >= 0.6 is 0 Å². The predicted molar refractivity (Wildman–Crippen MR) is 60.1 cm³/mol. The van der Waals surface area contributed by atoms with Crippen molar-refractivity contribution >= 4 is 0 Å². The van der Waals surface area contributed by atoms with Gasteiger partial charge in [0.2, 0.25) is 0 Å². The number of halogens is 2. The third kappa shape index (κ3) is 2.59. The largest absolute Gasteiger partial charge is 0.313 e. The fourth-order valence-corrected chi connectivity index (χ4v) is 2.09. The zero-order valence-corrected chi connectivity index (χ0v) is 9.47.